The number of aromatic nitrogens is 2. The molecular weight excluding hydrogens is 540 g/mol. The molecule has 2 heterocycles. The smallest absolute Gasteiger partial charge is 1.00 e. The maximum absolute atomic E-state index is 10.5. The molecule has 2 rings (SSSR count). The summed E-state index contributed by atoms with van der Waals surface area (Å²) in [5.74, 6) is 0. The van der Waals surface area contributed by atoms with E-state index in [1.54, 1.807) is 38.5 Å². The van der Waals surface area contributed by atoms with Gasteiger partial charge in [0.15, 0.2) is 0 Å². The van der Waals surface area contributed by atoms with Crippen LogP contribution in [0.5, 0.6) is 0 Å². The van der Waals surface area contributed by atoms with Crippen molar-refractivity contribution < 1.29 is 26.9 Å². The minimum Gasteiger partial charge on any atom is -1.00 e. The Hall–Kier alpha value is 0.426. The van der Waals surface area contributed by atoms with Gasteiger partial charge in [-0.3, -0.25) is 14.8 Å². The summed E-state index contributed by atoms with van der Waals surface area (Å²) in [5.41, 5.74) is 0.402. The summed E-state index contributed by atoms with van der Waals surface area (Å²) < 4.78 is 1.64. The number of rotatable bonds is 2. The average molecular weight is 556 g/mol. The molecule has 0 radical (unpaired) electrons. The number of halogens is 4. The summed E-state index contributed by atoms with van der Waals surface area (Å²) >= 11 is 11.6. The molecule has 128 valence electrons. The summed E-state index contributed by atoms with van der Waals surface area (Å²) in [5, 5.41) is 9.06. The zero-order chi connectivity index (χ0) is 16.0. The molecule has 0 aromatic carbocycles. The average Bonchev–Trinajstić information content (AvgIpc) is 2.38. The second-order valence-electron chi connectivity index (χ2n) is 4.62. The maximum Gasteiger partial charge on any atom is 2.00 e. The van der Waals surface area contributed by atoms with Crippen molar-refractivity contribution in [1.29, 1.82) is 0 Å². The SMILES string of the molecule is CC(C)(O)c1cncc(Br)c1.O=C(Cl)c1cncc(Br)c1.[Br-].[CH3-].[Mg+2]. The van der Waals surface area contributed by atoms with Gasteiger partial charge >= 0.3 is 23.1 Å². The predicted octanol–water partition coefficient (Wildman–Crippen LogP) is 1.37. The molecule has 0 fully saturated rings. The molecule has 0 aliphatic heterocycles. The number of pyridine rings is 2. The molecule has 2 aromatic rings. The van der Waals surface area contributed by atoms with Gasteiger partial charge in [-0.25, -0.2) is 0 Å². The maximum atomic E-state index is 10.5. The van der Waals surface area contributed by atoms with E-state index in [9.17, 15) is 9.90 Å². The predicted molar refractivity (Wildman–Crippen MR) is 101 cm³/mol. The first kappa shape index (κ1) is 29.2. The molecule has 0 saturated carbocycles. The fourth-order valence-corrected chi connectivity index (χ4v) is 2.10. The van der Waals surface area contributed by atoms with Crippen LogP contribution < -0.4 is 17.0 Å². The Kier molecular flexibility index (Phi) is 16.6. The molecule has 9 heteroatoms. The van der Waals surface area contributed by atoms with E-state index in [1.165, 1.54) is 6.20 Å². The Morgan fingerprint density at radius 2 is 1.54 bits per heavy atom. The van der Waals surface area contributed by atoms with Crippen LogP contribution in [0, 0.1) is 7.43 Å². The first-order valence-corrected chi connectivity index (χ1v) is 7.80. The van der Waals surface area contributed by atoms with Crippen LogP contribution in [0.4, 0.5) is 0 Å². The molecule has 1 N–H and O–H groups in total. The van der Waals surface area contributed by atoms with Crippen LogP contribution in [0.15, 0.2) is 45.9 Å². The van der Waals surface area contributed by atoms with E-state index in [2.05, 4.69) is 41.8 Å². The minimum absolute atomic E-state index is 0. The van der Waals surface area contributed by atoms with Gasteiger partial charge in [-0.1, -0.05) is 0 Å². The first-order chi connectivity index (χ1) is 9.70. The molecule has 4 nitrogen and oxygen atoms in total. The normalized spacial score (nSPS) is 9.25. The van der Waals surface area contributed by atoms with Gasteiger partial charge in [0.2, 0.25) is 0 Å². The summed E-state index contributed by atoms with van der Waals surface area (Å²) in [7, 11) is 0. The number of carbonyl (C=O) groups excluding carboxylic acids is 1. The molecular formula is C15H16Br3ClMgN2O2. The number of hydrogen-bond donors (Lipinski definition) is 1. The Balaban J connectivity index is -0.000000328. The second-order valence-corrected chi connectivity index (χ2v) is 6.79. The van der Waals surface area contributed by atoms with Crippen LogP contribution in [-0.2, 0) is 5.60 Å². The number of nitrogens with zero attached hydrogens (tertiary/aromatic N) is 2. The van der Waals surface area contributed by atoms with E-state index in [-0.39, 0.29) is 47.5 Å². The van der Waals surface area contributed by atoms with Gasteiger partial charge in [0.1, 0.15) is 0 Å². The van der Waals surface area contributed by atoms with Crippen molar-refractivity contribution in [2.75, 3.05) is 0 Å². The van der Waals surface area contributed by atoms with Crippen molar-refractivity contribution in [1.82, 2.24) is 9.97 Å². The summed E-state index contributed by atoms with van der Waals surface area (Å²) in [6, 6.07) is 3.47. The van der Waals surface area contributed by atoms with Crippen LogP contribution in [0.2, 0.25) is 0 Å². The van der Waals surface area contributed by atoms with E-state index >= 15 is 0 Å². The molecule has 0 spiro atoms. The zero-order valence-corrected chi connectivity index (χ0v) is 20.4. The molecule has 0 amide bonds. The largest absolute Gasteiger partial charge is 2.00 e. The molecule has 0 unspecified atom stereocenters. The Labute approximate surface area is 191 Å². The number of carbonyl (C=O) groups is 1. The monoisotopic (exact) mass is 552 g/mol. The van der Waals surface area contributed by atoms with E-state index in [4.69, 9.17) is 11.6 Å². The van der Waals surface area contributed by atoms with Crippen molar-refractivity contribution in [3.63, 3.8) is 0 Å². The molecule has 2 aromatic heterocycles. The van der Waals surface area contributed by atoms with Gasteiger partial charge < -0.3 is 29.5 Å². The van der Waals surface area contributed by atoms with Crippen molar-refractivity contribution in [3.05, 3.63) is 64.4 Å². The van der Waals surface area contributed by atoms with Gasteiger partial charge in [-0.2, -0.15) is 0 Å². The van der Waals surface area contributed by atoms with Crippen molar-refractivity contribution >= 4 is 71.8 Å². The summed E-state index contributed by atoms with van der Waals surface area (Å²) in [6.45, 7) is 3.47. The molecule has 24 heavy (non-hydrogen) atoms. The van der Waals surface area contributed by atoms with E-state index in [1.807, 2.05) is 6.07 Å². The van der Waals surface area contributed by atoms with Crippen LogP contribution in [0.3, 0.4) is 0 Å². The fourth-order valence-electron chi connectivity index (χ4n) is 1.27. The van der Waals surface area contributed by atoms with Crippen LogP contribution >= 0.6 is 43.5 Å². The topological polar surface area (TPSA) is 63.1 Å². The minimum atomic E-state index is -0.809. The Morgan fingerprint density at radius 3 is 1.83 bits per heavy atom. The molecule has 0 aliphatic rings. The summed E-state index contributed by atoms with van der Waals surface area (Å²) in [4.78, 5) is 18.2. The number of hydrogen-bond acceptors (Lipinski definition) is 4. The van der Waals surface area contributed by atoms with E-state index in [0.717, 1.165) is 14.5 Å². The standard InChI is InChI=1S/C8H10BrNO.C6H3BrClNO.CH3.BrH.Mg/c1-8(2,11)6-3-7(9)5-10-4-6;7-5-1-4(6(8)10)2-9-3-5;;;/h3-5,11H,1-2H3;1-3H;1H3;1H;/q;;-1;;+2/p-1. The van der Waals surface area contributed by atoms with Crippen LogP contribution in [0.25, 0.3) is 0 Å². The quantitative estimate of drug-likeness (QED) is 0.346. The first-order valence-electron chi connectivity index (χ1n) is 5.84. The third-order valence-corrected chi connectivity index (χ3v) is 3.43. The molecule has 0 atom stereocenters. The number of aliphatic hydroxyl groups is 1. The van der Waals surface area contributed by atoms with Gasteiger partial charge in [0.05, 0.1) is 11.2 Å². The molecule has 0 saturated heterocycles. The van der Waals surface area contributed by atoms with E-state index < -0.39 is 10.8 Å². The van der Waals surface area contributed by atoms with Crippen molar-refractivity contribution in [2.45, 2.75) is 19.4 Å². The van der Waals surface area contributed by atoms with Crippen molar-refractivity contribution in [3.8, 4) is 0 Å². The fraction of sp³-hybridized carbons (Fsp3) is 0.200. The van der Waals surface area contributed by atoms with Gasteiger partial charge in [-0.15, -0.1) is 0 Å². The third-order valence-electron chi connectivity index (χ3n) is 2.34. The van der Waals surface area contributed by atoms with Crippen molar-refractivity contribution in [2.24, 2.45) is 0 Å². The zero-order valence-electron chi connectivity index (χ0n) is 13.4. The van der Waals surface area contributed by atoms with E-state index in [0.29, 0.717) is 5.56 Å². The van der Waals surface area contributed by atoms with Gasteiger partial charge in [0.25, 0.3) is 5.24 Å². The van der Waals surface area contributed by atoms with Crippen LogP contribution in [0.1, 0.15) is 29.8 Å². The third kappa shape index (κ3) is 11.1. The second kappa shape index (κ2) is 13.6. The molecule has 0 bridgehead atoms. The van der Waals surface area contributed by atoms with Crippen LogP contribution in [-0.4, -0.2) is 43.4 Å². The summed E-state index contributed by atoms with van der Waals surface area (Å²) in [6.07, 6.45) is 6.35. The van der Waals surface area contributed by atoms with Gasteiger partial charge in [-0.05, 0) is 69.4 Å². The Bertz CT molecular complexity index is 640. The molecule has 0 aliphatic carbocycles. The van der Waals surface area contributed by atoms with Gasteiger partial charge in [0, 0.05) is 39.3 Å². The Morgan fingerprint density at radius 1 is 1.08 bits per heavy atom.